The minimum Gasteiger partial charge on any atom is -0.383 e. The fourth-order valence-corrected chi connectivity index (χ4v) is 3.51. The molecule has 0 aliphatic heterocycles. The standard InChI is InChI=1S/C17H25NO/c1-5-13-8-7-9-14-10-15(6-2)17(11-18-3,12-19-4)16(13)14/h7-10,18H,5-6,11-12H2,1-4H3. The molecule has 2 rings (SSSR count). The molecule has 0 radical (unpaired) electrons. The number of hydrogen-bond acceptors (Lipinski definition) is 2. The highest BCUT2D eigenvalue weighted by Crippen LogP contribution is 2.45. The average Bonchev–Trinajstić information content (AvgIpc) is 2.74. The molecule has 0 saturated carbocycles. The fraction of sp³-hybridized carbons (Fsp3) is 0.529. The number of benzene rings is 1. The molecule has 0 bridgehead atoms. The minimum atomic E-state index is 0.0141. The second-order valence-corrected chi connectivity index (χ2v) is 5.30. The van der Waals surface area contributed by atoms with Gasteiger partial charge in [0.15, 0.2) is 0 Å². The van der Waals surface area contributed by atoms with Crippen molar-refractivity contribution in [1.29, 1.82) is 0 Å². The molecular formula is C17H25NO. The van der Waals surface area contributed by atoms with Crippen molar-refractivity contribution in [3.8, 4) is 0 Å². The van der Waals surface area contributed by atoms with Crippen LogP contribution in [0.15, 0.2) is 23.8 Å². The molecule has 1 aliphatic rings. The van der Waals surface area contributed by atoms with E-state index in [-0.39, 0.29) is 5.41 Å². The summed E-state index contributed by atoms with van der Waals surface area (Å²) in [5.41, 5.74) is 5.80. The Morgan fingerprint density at radius 1 is 1.21 bits per heavy atom. The predicted molar refractivity (Wildman–Crippen MR) is 81.6 cm³/mol. The van der Waals surface area contributed by atoms with Crippen molar-refractivity contribution < 1.29 is 4.74 Å². The average molecular weight is 259 g/mol. The zero-order chi connectivity index (χ0) is 13.9. The van der Waals surface area contributed by atoms with Gasteiger partial charge in [0.2, 0.25) is 0 Å². The second-order valence-electron chi connectivity index (χ2n) is 5.30. The number of aryl methyl sites for hydroxylation is 1. The number of ether oxygens (including phenoxy) is 1. The lowest BCUT2D eigenvalue weighted by Crippen LogP contribution is -2.41. The molecule has 19 heavy (non-hydrogen) atoms. The third-order valence-electron chi connectivity index (χ3n) is 4.24. The summed E-state index contributed by atoms with van der Waals surface area (Å²) in [5, 5.41) is 3.37. The molecule has 1 N–H and O–H groups in total. The Hall–Kier alpha value is -1.12. The summed E-state index contributed by atoms with van der Waals surface area (Å²) in [6, 6.07) is 6.66. The number of rotatable bonds is 6. The Morgan fingerprint density at radius 2 is 2.00 bits per heavy atom. The fourth-order valence-electron chi connectivity index (χ4n) is 3.51. The Kier molecular flexibility index (Phi) is 4.43. The molecule has 0 fully saturated rings. The van der Waals surface area contributed by atoms with Crippen LogP contribution in [0.4, 0.5) is 0 Å². The zero-order valence-electron chi connectivity index (χ0n) is 12.5. The molecule has 0 spiro atoms. The van der Waals surface area contributed by atoms with Crippen LogP contribution < -0.4 is 5.32 Å². The quantitative estimate of drug-likeness (QED) is 0.847. The number of methoxy groups -OCH3 is 1. The Morgan fingerprint density at radius 3 is 2.58 bits per heavy atom. The maximum absolute atomic E-state index is 5.59. The van der Waals surface area contributed by atoms with E-state index in [9.17, 15) is 0 Å². The molecule has 1 aromatic carbocycles. The monoisotopic (exact) mass is 259 g/mol. The van der Waals surface area contributed by atoms with Crippen LogP contribution in [0.3, 0.4) is 0 Å². The van der Waals surface area contributed by atoms with Gasteiger partial charge < -0.3 is 10.1 Å². The SMILES string of the molecule is CCC1=Cc2cccc(CC)c2C1(CNC)COC. The molecule has 1 atom stereocenters. The normalized spacial score (nSPS) is 21.4. The molecule has 0 amide bonds. The van der Waals surface area contributed by atoms with Gasteiger partial charge in [-0.2, -0.15) is 0 Å². The summed E-state index contributed by atoms with van der Waals surface area (Å²) in [5.74, 6) is 0. The van der Waals surface area contributed by atoms with Crippen LogP contribution in [0.25, 0.3) is 6.08 Å². The van der Waals surface area contributed by atoms with Gasteiger partial charge in [-0.05, 0) is 36.6 Å². The minimum absolute atomic E-state index is 0.0141. The van der Waals surface area contributed by atoms with E-state index in [2.05, 4.69) is 43.4 Å². The summed E-state index contributed by atoms with van der Waals surface area (Å²) in [4.78, 5) is 0. The smallest absolute Gasteiger partial charge is 0.0609 e. The van der Waals surface area contributed by atoms with E-state index in [1.807, 2.05) is 7.05 Å². The van der Waals surface area contributed by atoms with Gasteiger partial charge in [0.25, 0.3) is 0 Å². The van der Waals surface area contributed by atoms with Crippen LogP contribution in [-0.4, -0.2) is 27.3 Å². The van der Waals surface area contributed by atoms with Crippen molar-refractivity contribution in [3.05, 3.63) is 40.5 Å². The third kappa shape index (κ3) is 2.24. The third-order valence-corrected chi connectivity index (χ3v) is 4.24. The predicted octanol–water partition coefficient (Wildman–Crippen LogP) is 3.16. The van der Waals surface area contributed by atoms with Crippen molar-refractivity contribution in [2.75, 3.05) is 27.3 Å². The van der Waals surface area contributed by atoms with Crippen LogP contribution >= 0.6 is 0 Å². The lowest BCUT2D eigenvalue weighted by molar-refractivity contribution is 0.145. The largest absolute Gasteiger partial charge is 0.383 e. The molecule has 0 aromatic heterocycles. The highest BCUT2D eigenvalue weighted by atomic mass is 16.5. The van der Waals surface area contributed by atoms with Crippen LogP contribution in [0.5, 0.6) is 0 Å². The maximum Gasteiger partial charge on any atom is 0.0609 e. The van der Waals surface area contributed by atoms with E-state index >= 15 is 0 Å². The van der Waals surface area contributed by atoms with E-state index in [1.54, 1.807) is 7.11 Å². The summed E-state index contributed by atoms with van der Waals surface area (Å²) < 4.78 is 5.59. The van der Waals surface area contributed by atoms with Gasteiger partial charge in [-0.15, -0.1) is 0 Å². The van der Waals surface area contributed by atoms with Crippen molar-refractivity contribution in [3.63, 3.8) is 0 Å². The second kappa shape index (κ2) is 5.89. The summed E-state index contributed by atoms with van der Waals surface area (Å²) in [7, 11) is 3.83. The van der Waals surface area contributed by atoms with Crippen LogP contribution in [-0.2, 0) is 16.6 Å². The van der Waals surface area contributed by atoms with E-state index in [4.69, 9.17) is 4.74 Å². The van der Waals surface area contributed by atoms with Gasteiger partial charge in [0.1, 0.15) is 0 Å². The van der Waals surface area contributed by atoms with Crippen molar-refractivity contribution in [1.82, 2.24) is 5.32 Å². The molecule has 1 unspecified atom stereocenters. The van der Waals surface area contributed by atoms with Crippen molar-refractivity contribution in [2.45, 2.75) is 32.1 Å². The van der Waals surface area contributed by atoms with E-state index in [0.29, 0.717) is 0 Å². The molecule has 2 heteroatoms. The van der Waals surface area contributed by atoms with Crippen molar-refractivity contribution in [2.24, 2.45) is 0 Å². The molecule has 2 nitrogen and oxygen atoms in total. The molecule has 1 aromatic rings. The van der Waals surface area contributed by atoms with Crippen LogP contribution in [0.1, 0.15) is 37.0 Å². The molecule has 0 saturated heterocycles. The van der Waals surface area contributed by atoms with Crippen molar-refractivity contribution >= 4 is 6.08 Å². The summed E-state index contributed by atoms with van der Waals surface area (Å²) in [6.07, 6.45) is 4.51. The van der Waals surface area contributed by atoms with E-state index in [1.165, 1.54) is 22.3 Å². The van der Waals surface area contributed by atoms with Gasteiger partial charge >= 0.3 is 0 Å². The number of nitrogens with one attached hydrogen (secondary N) is 1. The maximum atomic E-state index is 5.59. The molecule has 1 aliphatic carbocycles. The first-order valence-electron chi connectivity index (χ1n) is 7.20. The van der Waals surface area contributed by atoms with Gasteiger partial charge in [-0.3, -0.25) is 0 Å². The zero-order valence-corrected chi connectivity index (χ0v) is 12.5. The van der Waals surface area contributed by atoms with Crippen LogP contribution in [0, 0.1) is 0 Å². The lowest BCUT2D eigenvalue weighted by atomic mass is 9.74. The first-order chi connectivity index (χ1) is 9.23. The summed E-state index contributed by atoms with van der Waals surface area (Å²) in [6.45, 7) is 6.15. The van der Waals surface area contributed by atoms with Gasteiger partial charge in [-0.25, -0.2) is 0 Å². The van der Waals surface area contributed by atoms with Gasteiger partial charge in [0.05, 0.1) is 12.0 Å². The van der Waals surface area contributed by atoms with Crippen LogP contribution in [0.2, 0.25) is 0 Å². The molecule has 0 heterocycles. The van der Waals surface area contributed by atoms with E-state index < -0.39 is 0 Å². The Balaban J connectivity index is 2.61. The number of hydrogen-bond donors (Lipinski definition) is 1. The molecular weight excluding hydrogens is 234 g/mol. The highest BCUT2D eigenvalue weighted by molar-refractivity contribution is 5.71. The Labute approximate surface area is 116 Å². The number of likely N-dealkylation sites (N-methyl/N-ethyl adjacent to an activating group) is 1. The molecule has 104 valence electrons. The van der Waals surface area contributed by atoms with Gasteiger partial charge in [-0.1, -0.05) is 43.7 Å². The topological polar surface area (TPSA) is 21.3 Å². The first kappa shape index (κ1) is 14.3. The first-order valence-corrected chi connectivity index (χ1v) is 7.20. The van der Waals surface area contributed by atoms with E-state index in [0.717, 1.165) is 26.0 Å². The number of fused-ring (bicyclic) bond motifs is 1. The highest BCUT2D eigenvalue weighted by Gasteiger charge is 2.41. The van der Waals surface area contributed by atoms with Gasteiger partial charge in [0, 0.05) is 13.7 Å². The summed E-state index contributed by atoms with van der Waals surface area (Å²) >= 11 is 0. The lowest BCUT2D eigenvalue weighted by Gasteiger charge is -2.34. The Bertz CT molecular complexity index is 470.